The SMILES string of the molecule is CN(C)C1CCN(c2ccc([N+](=O)[O-])c(Br)c2)CC1. The molecule has 0 aromatic heterocycles. The molecule has 1 saturated heterocycles. The molecule has 0 radical (unpaired) electrons. The Hall–Kier alpha value is -1.14. The molecule has 0 saturated carbocycles. The highest BCUT2D eigenvalue weighted by Crippen LogP contribution is 2.31. The van der Waals surface area contributed by atoms with Gasteiger partial charge in [0.05, 0.1) is 9.40 Å². The van der Waals surface area contributed by atoms with Gasteiger partial charge in [-0.2, -0.15) is 0 Å². The fourth-order valence-electron chi connectivity index (χ4n) is 2.48. The van der Waals surface area contributed by atoms with Crippen LogP contribution in [0, 0.1) is 10.1 Å². The van der Waals surface area contributed by atoms with Gasteiger partial charge in [-0.05, 0) is 55.0 Å². The molecule has 1 heterocycles. The van der Waals surface area contributed by atoms with Crippen LogP contribution in [-0.2, 0) is 0 Å². The average Bonchev–Trinajstić information content (AvgIpc) is 2.38. The Morgan fingerprint density at radius 2 is 2.00 bits per heavy atom. The van der Waals surface area contributed by atoms with Crippen molar-refractivity contribution in [2.24, 2.45) is 0 Å². The Labute approximate surface area is 121 Å². The summed E-state index contributed by atoms with van der Waals surface area (Å²) in [5.74, 6) is 0. The van der Waals surface area contributed by atoms with Gasteiger partial charge in [0.25, 0.3) is 5.69 Å². The number of piperidine rings is 1. The maximum Gasteiger partial charge on any atom is 0.283 e. The number of nitrogens with zero attached hydrogens (tertiary/aromatic N) is 3. The highest BCUT2D eigenvalue weighted by molar-refractivity contribution is 9.10. The summed E-state index contributed by atoms with van der Waals surface area (Å²) in [6.07, 6.45) is 2.25. The van der Waals surface area contributed by atoms with Gasteiger partial charge in [0.2, 0.25) is 0 Å². The van der Waals surface area contributed by atoms with E-state index in [1.807, 2.05) is 12.1 Å². The third-order valence-electron chi connectivity index (χ3n) is 3.69. The number of nitro groups is 1. The van der Waals surface area contributed by atoms with Crippen molar-refractivity contribution in [3.05, 3.63) is 32.8 Å². The summed E-state index contributed by atoms with van der Waals surface area (Å²) in [5, 5.41) is 10.8. The van der Waals surface area contributed by atoms with Crippen molar-refractivity contribution >= 4 is 27.3 Å². The molecule has 1 fully saturated rings. The van der Waals surface area contributed by atoms with E-state index in [1.165, 1.54) is 0 Å². The molecule has 2 rings (SSSR count). The number of hydrogen-bond donors (Lipinski definition) is 0. The molecule has 1 aromatic carbocycles. The minimum atomic E-state index is -0.369. The van der Waals surface area contributed by atoms with Gasteiger partial charge in [0, 0.05) is 30.9 Å². The zero-order chi connectivity index (χ0) is 14.0. The molecule has 5 nitrogen and oxygen atoms in total. The third kappa shape index (κ3) is 3.25. The largest absolute Gasteiger partial charge is 0.371 e. The highest BCUT2D eigenvalue weighted by atomic mass is 79.9. The molecule has 19 heavy (non-hydrogen) atoms. The van der Waals surface area contributed by atoms with Crippen LogP contribution in [0.25, 0.3) is 0 Å². The molecule has 104 valence electrons. The summed E-state index contributed by atoms with van der Waals surface area (Å²) in [5.41, 5.74) is 1.17. The Balaban J connectivity index is 2.08. The van der Waals surface area contributed by atoms with Gasteiger partial charge < -0.3 is 9.80 Å². The van der Waals surface area contributed by atoms with Crippen LogP contribution in [0.2, 0.25) is 0 Å². The lowest BCUT2D eigenvalue weighted by atomic mass is 10.0. The third-order valence-corrected chi connectivity index (χ3v) is 4.32. The van der Waals surface area contributed by atoms with E-state index < -0.39 is 0 Å². The monoisotopic (exact) mass is 327 g/mol. The molecular formula is C13H18BrN3O2. The normalized spacial score (nSPS) is 16.9. The molecule has 1 aliphatic heterocycles. The van der Waals surface area contributed by atoms with Crippen molar-refractivity contribution in [1.82, 2.24) is 4.90 Å². The molecule has 0 amide bonds. The Morgan fingerprint density at radius 1 is 1.37 bits per heavy atom. The fourth-order valence-corrected chi connectivity index (χ4v) is 2.99. The second-order valence-electron chi connectivity index (χ2n) is 5.07. The minimum absolute atomic E-state index is 0.118. The number of benzene rings is 1. The van der Waals surface area contributed by atoms with Crippen LogP contribution in [0.3, 0.4) is 0 Å². The Bertz CT molecular complexity index is 471. The van der Waals surface area contributed by atoms with Crippen molar-refractivity contribution in [2.45, 2.75) is 18.9 Å². The summed E-state index contributed by atoms with van der Waals surface area (Å²) in [7, 11) is 4.23. The average molecular weight is 328 g/mol. The van der Waals surface area contributed by atoms with E-state index in [1.54, 1.807) is 6.07 Å². The van der Waals surface area contributed by atoms with Gasteiger partial charge in [0.1, 0.15) is 0 Å². The second kappa shape index (κ2) is 5.88. The van der Waals surface area contributed by atoms with Crippen molar-refractivity contribution in [3.8, 4) is 0 Å². The molecule has 0 spiro atoms. The van der Waals surface area contributed by atoms with E-state index in [9.17, 15) is 10.1 Å². The maximum absolute atomic E-state index is 10.8. The standard InChI is InChI=1S/C13H18BrN3O2/c1-15(2)10-5-7-16(8-6-10)11-3-4-13(17(18)19)12(14)9-11/h3-4,9-10H,5-8H2,1-2H3. The predicted molar refractivity (Wildman–Crippen MR) is 79.7 cm³/mol. The van der Waals surface area contributed by atoms with E-state index in [4.69, 9.17) is 0 Å². The van der Waals surface area contributed by atoms with E-state index in [2.05, 4.69) is 39.8 Å². The van der Waals surface area contributed by atoms with Crippen LogP contribution in [0.5, 0.6) is 0 Å². The molecule has 0 aliphatic carbocycles. The molecular weight excluding hydrogens is 310 g/mol. The minimum Gasteiger partial charge on any atom is -0.371 e. The van der Waals surface area contributed by atoms with Gasteiger partial charge in [-0.15, -0.1) is 0 Å². The molecule has 6 heteroatoms. The second-order valence-corrected chi connectivity index (χ2v) is 5.93. The van der Waals surface area contributed by atoms with Crippen molar-refractivity contribution in [3.63, 3.8) is 0 Å². The van der Waals surface area contributed by atoms with Crippen LogP contribution in [0.15, 0.2) is 22.7 Å². The van der Waals surface area contributed by atoms with E-state index in [0.717, 1.165) is 31.6 Å². The van der Waals surface area contributed by atoms with Gasteiger partial charge in [-0.1, -0.05) is 0 Å². The zero-order valence-electron chi connectivity index (χ0n) is 11.2. The lowest BCUT2D eigenvalue weighted by Crippen LogP contribution is -2.41. The van der Waals surface area contributed by atoms with Crippen molar-refractivity contribution in [1.29, 1.82) is 0 Å². The summed E-state index contributed by atoms with van der Waals surface area (Å²) >= 11 is 3.27. The first-order valence-electron chi connectivity index (χ1n) is 6.34. The van der Waals surface area contributed by atoms with Crippen molar-refractivity contribution < 1.29 is 4.92 Å². The Kier molecular flexibility index (Phi) is 4.42. The van der Waals surface area contributed by atoms with Crippen LogP contribution >= 0.6 is 15.9 Å². The van der Waals surface area contributed by atoms with E-state index in [0.29, 0.717) is 10.5 Å². The number of hydrogen-bond acceptors (Lipinski definition) is 4. The van der Waals surface area contributed by atoms with Crippen LogP contribution < -0.4 is 4.90 Å². The number of nitro benzene ring substituents is 1. The van der Waals surface area contributed by atoms with E-state index in [-0.39, 0.29) is 10.6 Å². The summed E-state index contributed by atoms with van der Waals surface area (Å²) in [6, 6.07) is 5.88. The quantitative estimate of drug-likeness (QED) is 0.632. The maximum atomic E-state index is 10.8. The lowest BCUT2D eigenvalue weighted by Gasteiger charge is -2.36. The number of halogens is 1. The molecule has 0 atom stereocenters. The van der Waals surface area contributed by atoms with Crippen LogP contribution in [0.4, 0.5) is 11.4 Å². The number of anilines is 1. The van der Waals surface area contributed by atoms with E-state index >= 15 is 0 Å². The predicted octanol–water partition coefficient (Wildman–Crippen LogP) is 2.89. The topological polar surface area (TPSA) is 49.6 Å². The number of rotatable bonds is 3. The Morgan fingerprint density at radius 3 is 2.47 bits per heavy atom. The first-order valence-corrected chi connectivity index (χ1v) is 7.13. The highest BCUT2D eigenvalue weighted by Gasteiger charge is 2.22. The van der Waals surface area contributed by atoms with Gasteiger partial charge in [0.15, 0.2) is 0 Å². The van der Waals surface area contributed by atoms with Gasteiger partial charge in [-0.3, -0.25) is 10.1 Å². The summed E-state index contributed by atoms with van der Waals surface area (Å²) in [4.78, 5) is 15.0. The molecule has 0 unspecified atom stereocenters. The van der Waals surface area contributed by atoms with Crippen LogP contribution in [-0.4, -0.2) is 43.0 Å². The lowest BCUT2D eigenvalue weighted by molar-refractivity contribution is -0.385. The van der Waals surface area contributed by atoms with Gasteiger partial charge >= 0.3 is 0 Å². The van der Waals surface area contributed by atoms with Gasteiger partial charge in [-0.25, -0.2) is 0 Å². The van der Waals surface area contributed by atoms with Crippen LogP contribution in [0.1, 0.15) is 12.8 Å². The summed E-state index contributed by atoms with van der Waals surface area (Å²) < 4.78 is 0.546. The first kappa shape index (κ1) is 14.3. The molecule has 0 N–H and O–H groups in total. The molecule has 1 aromatic rings. The first-order chi connectivity index (χ1) is 8.99. The fraction of sp³-hybridized carbons (Fsp3) is 0.538. The summed E-state index contributed by atoms with van der Waals surface area (Å²) in [6.45, 7) is 1.99. The smallest absolute Gasteiger partial charge is 0.283 e. The van der Waals surface area contributed by atoms with Crippen molar-refractivity contribution in [2.75, 3.05) is 32.1 Å². The molecule has 0 bridgehead atoms. The zero-order valence-corrected chi connectivity index (χ0v) is 12.8. The molecule has 1 aliphatic rings.